The number of hydrogen-bond acceptors (Lipinski definition) is 3. The van der Waals surface area contributed by atoms with Crippen LogP contribution in [0, 0.1) is 10.1 Å². The maximum absolute atomic E-state index is 10.5. The van der Waals surface area contributed by atoms with Gasteiger partial charge in [-0.1, -0.05) is 6.92 Å². The topological polar surface area (TPSA) is 56.3 Å². The molecule has 0 atom stereocenters. The van der Waals surface area contributed by atoms with E-state index in [2.05, 4.69) is 0 Å². The predicted molar refractivity (Wildman–Crippen MR) is 44.0 cm³/mol. The van der Waals surface area contributed by atoms with Gasteiger partial charge >= 0.3 is 5.70 Å². The van der Waals surface area contributed by atoms with E-state index in [1.165, 1.54) is 12.3 Å². The molecule has 0 aliphatic rings. The quantitative estimate of drug-likeness (QED) is 0.512. The van der Waals surface area contributed by atoms with Gasteiger partial charge in [-0.15, -0.1) is 0 Å². The molecule has 0 unspecified atom stereocenters. The van der Waals surface area contributed by atoms with E-state index < -0.39 is 4.92 Å². The van der Waals surface area contributed by atoms with Crippen LogP contribution >= 0.6 is 0 Å². The molecule has 0 aromatic carbocycles. The third-order valence-corrected chi connectivity index (χ3v) is 1.37. The summed E-state index contributed by atoms with van der Waals surface area (Å²) in [4.78, 5) is 10.0. The maximum Gasteiger partial charge on any atom is 0.307 e. The zero-order valence-corrected chi connectivity index (χ0v) is 6.69. The first-order chi connectivity index (χ1) is 5.75. The van der Waals surface area contributed by atoms with Crippen LogP contribution in [0.3, 0.4) is 0 Å². The van der Waals surface area contributed by atoms with Gasteiger partial charge in [0.05, 0.1) is 11.2 Å². The molecule has 1 rings (SSSR count). The Morgan fingerprint density at radius 1 is 1.83 bits per heavy atom. The Balaban J connectivity index is 2.96. The molecule has 0 fully saturated rings. The molecular formula is C8H9NO3. The van der Waals surface area contributed by atoms with Gasteiger partial charge in [-0.25, -0.2) is 0 Å². The van der Waals surface area contributed by atoms with E-state index in [-0.39, 0.29) is 5.70 Å². The van der Waals surface area contributed by atoms with Gasteiger partial charge in [0, 0.05) is 0 Å². The number of allylic oxidation sites excluding steroid dienone is 1. The fourth-order valence-electron chi connectivity index (χ4n) is 0.883. The second kappa shape index (κ2) is 3.71. The monoisotopic (exact) mass is 167 g/mol. The van der Waals surface area contributed by atoms with Crippen LogP contribution in [0.2, 0.25) is 0 Å². The second-order valence-corrected chi connectivity index (χ2v) is 2.23. The van der Waals surface area contributed by atoms with Crippen LogP contribution in [0.15, 0.2) is 28.9 Å². The summed E-state index contributed by atoms with van der Waals surface area (Å²) in [5.41, 5.74) is 0.0301. The fraction of sp³-hybridized carbons (Fsp3) is 0.250. The second-order valence-electron chi connectivity index (χ2n) is 2.23. The van der Waals surface area contributed by atoms with Gasteiger partial charge in [-0.3, -0.25) is 10.1 Å². The summed E-state index contributed by atoms with van der Waals surface area (Å²) in [5.74, 6) is 0.307. The summed E-state index contributed by atoms with van der Waals surface area (Å²) in [6.45, 7) is 1.84. The molecule has 0 aliphatic heterocycles. The Morgan fingerprint density at radius 3 is 3.00 bits per heavy atom. The molecule has 0 N–H and O–H groups in total. The Bertz CT molecular complexity index is 287. The number of nitrogens with zero attached hydrogens (tertiary/aromatic N) is 1. The minimum Gasteiger partial charge on any atom is -0.458 e. The van der Waals surface area contributed by atoms with Crippen molar-refractivity contribution in [2.45, 2.75) is 13.3 Å². The number of nitro groups is 1. The smallest absolute Gasteiger partial charge is 0.307 e. The van der Waals surface area contributed by atoms with Crippen LogP contribution in [0.25, 0.3) is 5.70 Å². The first-order valence-corrected chi connectivity index (χ1v) is 3.64. The Hall–Kier alpha value is -1.58. The van der Waals surface area contributed by atoms with E-state index in [0.29, 0.717) is 12.2 Å². The van der Waals surface area contributed by atoms with Crippen LogP contribution in [-0.4, -0.2) is 4.92 Å². The van der Waals surface area contributed by atoms with Crippen LogP contribution in [0.5, 0.6) is 0 Å². The van der Waals surface area contributed by atoms with Gasteiger partial charge < -0.3 is 4.42 Å². The Kier molecular flexibility index (Phi) is 2.63. The van der Waals surface area contributed by atoms with Crippen molar-refractivity contribution < 1.29 is 9.34 Å². The molecule has 0 saturated heterocycles. The largest absolute Gasteiger partial charge is 0.458 e. The molecule has 12 heavy (non-hydrogen) atoms. The number of rotatable bonds is 3. The Labute approximate surface area is 69.6 Å². The standard InChI is InChI=1S/C8H9NO3/c1-2-4-7(9(10)11)8-5-3-6-12-8/h3-6H,2H2,1H3. The molecule has 0 amide bonds. The molecule has 64 valence electrons. The minimum absolute atomic E-state index is 0.0301. The lowest BCUT2D eigenvalue weighted by Crippen LogP contribution is -1.95. The highest BCUT2D eigenvalue weighted by atomic mass is 16.6. The fourth-order valence-corrected chi connectivity index (χ4v) is 0.883. The van der Waals surface area contributed by atoms with Crippen molar-refractivity contribution in [1.82, 2.24) is 0 Å². The lowest BCUT2D eigenvalue weighted by molar-refractivity contribution is -0.377. The molecule has 1 aromatic rings. The summed E-state index contributed by atoms with van der Waals surface area (Å²) < 4.78 is 4.90. The van der Waals surface area contributed by atoms with Crippen molar-refractivity contribution in [2.24, 2.45) is 0 Å². The molecule has 0 spiro atoms. The zero-order chi connectivity index (χ0) is 8.97. The van der Waals surface area contributed by atoms with E-state index in [9.17, 15) is 10.1 Å². The summed E-state index contributed by atoms with van der Waals surface area (Å²) in [6.07, 6.45) is 3.57. The third kappa shape index (κ3) is 1.72. The SMILES string of the molecule is CCC=C(c1ccco1)[N+](=O)[O-]. The van der Waals surface area contributed by atoms with Crippen molar-refractivity contribution >= 4 is 5.70 Å². The van der Waals surface area contributed by atoms with Crippen LogP contribution in [0.1, 0.15) is 19.1 Å². The molecule has 1 aromatic heterocycles. The van der Waals surface area contributed by atoms with Gasteiger partial charge in [0.2, 0.25) is 5.76 Å². The van der Waals surface area contributed by atoms with Crippen molar-refractivity contribution in [1.29, 1.82) is 0 Å². The lowest BCUT2D eigenvalue weighted by atomic mass is 10.3. The van der Waals surface area contributed by atoms with Gasteiger partial charge in [-0.05, 0) is 24.6 Å². The Morgan fingerprint density at radius 2 is 2.58 bits per heavy atom. The molecule has 0 bridgehead atoms. The van der Waals surface area contributed by atoms with Crippen molar-refractivity contribution in [3.63, 3.8) is 0 Å². The van der Waals surface area contributed by atoms with Gasteiger partial charge in [0.1, 0.15) is 0 Å². The van der Waals surface area contributed by atoms with E-state index in [1.807, 2.05) is 6.92 Å². The van der Waals surface area contributed by atoms with Crippen molar-refractivity contribution in [3.05, 3.63) is 40.3 Å². The zero-order valence-electron chi connectivity index (χ0n) is 6.69. The lowest BCUT2D eigenvalue weighted by Gasteiger charge is -1.91. The van der Waals surface area contributed by atoms with Gasteiger partial charge in [-0.2, -0.15) is 0 Å². The molecule has 4 heteroatoms. The summed E-state index contributed by atoms with van der Waals surface area (Å²) in [6, 6.07) is 3.20. The highest BCUT2D eigenvalue weighted by Crippen LogP contribution is 2.15. The molecule has 0 saturated carbocycles. The predicted octanol–water partition coefficient (Wildman–Crippen LogP) is 2.31. The van der Waals surface area contributed by atoms with Crippen LogP contribution in [0.4, 0.5) is 0 Å². The molecule has 0 radical (unpaired) electrons. The molecule has 1 heterocycles. The number of furan rings is 1. The average molecular weight is 167 g/mol. The van der Waals surface area contributed by atoms with E-state index in [1.54, 1.807) is 12.1 Å². The van der Waals surface area contributed by atoms with Crippen LogP contribution in [-0.2, 0) is 0 Å². The van der Waals surface area contributed by atoms with E-state index in [4.69, 9.17) is 4.42 Å². The summed E-state index contributed by atoms with van der Waals surface area (Å²) >= 11 is 0. The molecule has 4 nitrogen and oxygen atoms in total. The van der Waals surface area contributed by atoms with Gasteiger partial charge in [0.15, 0.2) is 0 Å². The average Bonchev–Trinajstić information content (AvgIpc) is 2.51. The van der Waals surface area contributed by atoms with Crippen LogP contribution < -0.4 is 0 Å². The van der Waals surface area contributed by atoms with E-state index in [0.717, 1.165) is 0 Å². The first-order valence-electron chi connectivity index (χ1n) is 3.64. The summed E-state index contributed by atoms with van der Waals surface area (Å²) in [7, 11) is 0. The highest BCUT2D eigenvalue weighted by Gasteiger charge is 2.15. The third-order valence-electron chi connectivity index (χ3n) is 1.37. The molecular weight excluding hydrogens is 158 g/mol. The first kappa shape index (κ1) is 8.52. The normalized spacial score (nSPS) is 11.6. The highest BCUT2D eigenvalue weighted by molar-refractivity contribution is 5.52. The summed E-state index contributed by atoms with van der Waals surface area (Å²) in [5, 5.41) is 10.5. The maximum atomic E-state index is 10.5. The number of hydrogen-bond donors (Lipinski definition) is 0. The minimum atomic E-state index is -0.442. The van der Waals surface area contributed by atoms with Crippen molar-refractivity contribution in [2.75, 3.05) is 0 Å². The van der Waals surface area contributed by atoms with E-state index >= 15 is 0 Å². The van der Waals surface area contributed by atoms with Crippen molar-refractivity contribution in [3.8, 4) is 0 Å². The van der Waals surface area contributed by atoms with Gasteiger partial charge in [0.25, 0.3) is 0 Å². The molecule has 0 aliphatic carbocycles.